The number of aromatic hydroxyl groups is 1. The summed E-state index contributed by atoms with van der Waals surface area (Å²) in [4.78, 5) is 4.33. The van der Waals surface area contributed by atoms with E-state index in [1.165, 1.54) is 18.5 Å². The van der Waals surface area contributed by atoms with Gasteiger partial charge >= 0.3 is 0 Å². The number of fused-ring (bicyclic) bond motifs is 1. The minimum atomic E-state index is 0.358. The van der Waals surface area contributed by atoms with Crippen LogP contribution in [0.2, 0.25) is 0 Å². The zero-order valence-electron chi connectivity index (χ0n) is 17.5. The van der Waals surface area contributed by atoms with Crippen LogP contribution in [0.1, 0.15) is 40.5 Å². The van der Waals surface area contributed by atoms with Gasteiger partial charge in [0.15, 0.2) is 0 Å². The lowest BCUT2D eigenvalue weighted by atomic mass is 10.2. The van der Waals surface area contributed by atoms with E-state index in [1.54, 1.807) is 23.7 Å². The molecule has 1 aliphatic heterocycles. The van der Waals surface area contributed by atoms with Gasteiger partial charge in [0, 0.05) is 18.8 Å². The smallest absolute Gasteiger partial charge is 0.130 e. The average Bonchev–Trinajstić information content (AvgIpc) is 2.87. The summed E-state index contributed by atoms with van der Waals surface area (Å²) >= 11 is 3.26. The van der Waals surface area contributed by atoms with E-state index in [4.69, 9.17) is 0 Å². The predicted molar refractivity (Wildman–Crippen MR) is 124 cm³/mol. The third-order valence-corrected chi connectivity index (χ3v) is 5.80. The lowest BCUT2D eigenvalue weighted by molar-refractivity contribution is 0.461. The maximum Gasteiger partial charge on any atom is 0.130 e. The molecule has 3 nitrogen and oxygen atoms in total. The Morgan fingerprint density at radius 1 is 1.04 bits per heavy atom. The second-order valence-corrected chi connectivity index (χ2v) is 8.02. The Balaban J connectivity index is 0.000000541. The number of phenolic OH excluding ortho intramolecular Hbond substituents is 1. The monoisotopic (exact) mass is 406 g/mol. The highest BCUT2D eigenvalue weighted by molar-refractivity contribution is 7.98. The number of hydrogen-bond acceptors (Lipinski definition) is 5. The summed E-state index contributed by atoms with van der Waals surface area (Å²) in [6, 6.07) is 14.4. The van der Waals surface area contributed by atoms with E-state index in [2.05, 4.69) is 60.4 Å². The summed E-state index contributed by atoms with van der Waals surface area (Å²) in [5, 5.41) is 10.1. The van der Waals surface area contributed by atoms with Gasteiger partial charge in [-0.3, -0.25) is 0 Å². The molecule has 0 aliphatic carbocycles. The van der Waals surface area contributed by atoms with Gasteiger partial charge in [-0.05, 0) is 49.5 Å². The first-order valence-electron chi connectivity index (χ1n) is 9.73. The van der Waals surface area contributed by atoms with Crippen molar-refractivity contribution in [3.63, 3.8) is 0 Å². The van der Waals surface area contributed by atoms with Crippen LogP contribution in [0.3, 0.4) is 0 Å². The second-order valence-electron chi connectivity index (χ2n) is 5.92. The molecule has 0 saturated heterocycles. The maximum atomic E-state index is 10.1. The molecule has 27 heavy (non-hydrogen) atoms. The van der Waals surface area contributed by atoms with Gasteiger partial charge in [0.25, 0.3) is 0 Å². The van der Waals surface area contributed by atoms with Crippen LogP contribution in [-0.2, 0) is 0 Å². The summed E-state index contributed by atoms with van der Waals surface area (Å²) in [5.41, 5.74) is 2.35. The lowest BCUT2D eigenvalue weighted by Crippen LogP contribution is -2.24. The minimum absolute atomic E-state index is 0.358. The normalized spacial score (nSPS) is 13.5. The Bertz CT molecular complexity index is 663. The topological polar surface area (TPSA) is 26.7 Å². The van der Waals surface area contributed by atoms with E-state index < -0.39 is 0 Å². The molecule has 2 aromatic rings. The van der Waals surface area contributed by atoms with Crippen molar-refractivity contribution in [1.29, 1.82) is 0 Å². The highest BCUT2D eigenvalue weighted by atomic mass is 32.2. The molecule has 0 radical (unpaired) electrons. The Hall–Kier alpha value is -1.30. The molecule has 5 heteroatoms. The molecule has 0 saturated carbocycles. The number of hydrogen-bond donors (Lipinski definition) is 1. The fourth-order valence-electron chi connectivity index (χ4n) is 2.44. The number of rotatable bonds is 3. The second kappa shape index (κ2) is 13.0. The van der Waals surface area contributed by atoms with Crippen molar-refractivity contribution in [2.24, 2.45) is 0 Å². The Kier molecular flexibility index (Phi) is 11.4. The van der Waals surface area contributed by atoms with Gasteiger partial charge in [0.05, 0.1) is 15.5 Å². The van der Waals surface area contributed by atoms with E-state index in [-0.39, 0.29) is 0 Å². The molecule has 0 aromatic heterocycles. The first-order chi connectivity index (χ1) is 13.1. The summed E-state index contributed by atoms with van der Waals surface area (Å²) in [5.74, 6) is 0.358. The van der Waals surface area contributed by atoms with Gasteiger partial charge in [-0.25, -0.2) is 4.31 Å². The third-order valence-electron chi connectivity index (χ3n) is 4.01. The van der Waals surface area contributed by atoms with Crippen molar-refractivity contribution in [2.75, 3.05) is 31.3 Å². The molecular weight excluding hydrogens is 372 g/mol. The minimum Gasteiger partial charge on any atom is -0.507 e. The molecule has 1 heterocycles. The largest absolute Gasteiger partial charge is 0.507 e. The summed E-state index contributed by atoms with van der Waals surface area (Å²) in [6.45, 7) is 10.3. The molecule has 2 aromatic carbocycles. The van der Waals surface area contributed by atoms with E-state index in [0.717, 1.165) is 28.6 Å². The van der Waals surface area contributed by atoms with Crippen molar-refractivity contribution < 1.29 is 5.11 Å². The summed E-state index contributed by atoms with van der Waals surface area (Å²) in [7, 11) is 2.09. The standard InChI is InChI=1S/C16H18N2OS2.C4H10.C2H6/c1-17-8-9-18(12-6-4-3-5-7-12)13-10-16(20-2)14(19)11-15(13)21-17;1-3-4-2;1-2/h3-7,10-11,19H,8-9H2,1-2H3;3-4H2,1-2H3;1-2H3. The van der Waals surface area contributed by atoms with E-state index in [1.807, 2.05) is 32.2 Å². The number of unbranched alkanes of at least 4 members (excludes halogenated alkanes) is 1. The molecule has 0 atom stereocenters. The van der Waals surface area contributed by atoms with Crippen molar-refractivity contribution >= 4 is 35.1 Å². The van der Waals surface area contributed by atoms with Crippen LogP contribution in [0.25, 0.3) is 0 Å². The Morgan fingerprint density at radius 2 is 1.67 bits per heavy atom. The summed E-state index contributed by atoms with van der Waals surface area (Å²) in [6.07, 6.45) is 4.63. The predicted octanol–water partition coefficient (Wildman–Crippen LogP) is 7.04. The van der Waals surface area contributed by atoms with Gasteiger partial charge in [-0.1, -0.05) is 58.7 Å². The van der Waals surface area contributed by atoms with Gasteiger partial charge in [-0.15, -0.1) is 11.8 Å². The molecule has 0 fully saturated rings. The third kappa shape index (κ3) is 6.98. The number of anilines is 2. The molecular formula is C22H34N2OS2. The molecule has 0 unspecified atom stereocenters. The maximum absolute atomic E-state index is 10.1. The highest BCUT2D eigenvalue weighted by Crippen LogP contribution is 2.43. The van der Waals surface area contributed by atoms with Crippen molar-refractivity contribution in [3.05, 3.63) is 42.5 Å². The number of nitrogens with zero attached hydrogens (tertiary/aromatic N) is 2. The highest BCUT2D eigenvalue weighted by Gasteiger charge is 2.22. The molecule has 150 valence electrons. The zero-order chi connectivity index (χ0) is 20.2. The number of thioether (sulfide) groups is 1. The number of phenols is 1. The molecule has 1 N–H and O–H groups in total. The molecule has 0 amide bonds. The SMILES string of the molecule is CC.CCCC.CSc1cc2c(cc1O)SN(C)CCN2c1ccccc1. The molecule has 1 aliphatic rings. The Labute approximate surface area is 174 Å². The number of para-hydroxylation sites is 1. The molecule has 0 bridgehead atoms. The van der Waals surface area contributed by atoms with Crippen LogP contribution in [-0.4, -0.2) is 35.8 Å². The van der Waals surface area contributed by atoms with Crippen LogP contribution in [0.4, 0.5) is 11.4 Å². The van der Waals surface area contributed by atoms with E-state index in [0.29, 0.717) is 5.75 Å². The summed E-state index contributed by atoms with van der Waals surface area (Å²) < 4.78 is 2.21. The van der Waals surface area contributed by atoms with Crippen molar-refractivity contribution in [3.8, 4) is 5.75 Å². The molecule has 0 spiro atoms. The lowest BCUT2D eigenvalue weighted by Gasteiger charge is -2.25. The fourth-order valence-corrected chi connectivity index (χ4v) is 3.87. The molecule has 3 rings (SSSR count). The number of benzene rings is 2. The van der Waals surface area contributed by atoms with Gasteiger partial charge < -0.3 is 10.0 Å². The van der Waals surface area contributed by atoms with Gasteiger partial charge in [-0.2, -0.15) is 0 Å². The van der Waals surface area contributed by atoms with E-state index >= 15 is 0 Å². The number of likely N-dealkylation sites (N-methyl/N-ethyl adjacent to an activating group) is 1. The van der Waals surface area contributed by atoms with Crippen LogP contribution in [0.15, 0.2) is 52.3 Å². The van der Waals surface area contributed by atoms with E-state index in [9.17, 15) is 5.11 Å². The van der Waals surface area contributed by atoms with Crippen LogP contribution < -0.4 is 4.90 Å². The van der Waals surface area contributed by atoms with Crippen molar-refractivity contribution in [1.82, 2.24) is 4.31 Å². The first-order valence-corrected chi connectivity index (χ1v) is 11.7. The van der Waals surface area contributed by atoms with Crippen LogP contribution >= 0.6 is 23.7 Å². The quantitative estimate of drug-likeness (QED) is 0.436. The van der Waals surface area contributed by atoms with Gasteiger partial charge in [0.1, 0.15) is 5.75 Å². The van der Waals surface area contributed by atoms with Crippen LogP contribution in [0, 0.1) is 0 Å². The van der Waals surface area contributed by atoms with Crippen LogP contribution in [0.5, 0.6) is 5.75 Å². The fraction of sp³-hybridized carbons (Fsp3) is 0.455. The van der Waals surface area contributed by atoms with Crippen molar-refractivity contribution in [2.45, 2.75) is 50.3 Å². The first kappa shape index (κ1) is 23.7. The zero-order valence-corrected chi connectivity index (χ0v) is 19.2. The Morgan fingerprint density at radius 3 is 2.22 bits per heavy atom. The average molecular weight is 407 g/mol. The van der Waals surface area contributed by atoms with Gasteiger partial charge in [0.2, 0.25) is 0 Å².